The molecule has 120 valence electrons. The minimum Gasteiger partial charge on any atom is -0.311 e. The van der Waals surface area contributed by atoms with Gasteiger partial charge >= 0.3 is 0 Å². The van der Waals surface area contributed by atoms with Crippen molar-refractivity contribution in [3.63, 3.8) is 0 Å². The third-order valence-electron chi connectivity index (χ3n) is 5.28. The molecular weight excluding hydrogens is 258 g/mol. The molecule has 0 aliphatic carbocycles. The maximum absolute atomic E-state index is 9.09. The second kappa shape index (κ2) is 7.61. The molecule has 0 aromatic rings. The molecule has 2 aliphatic heterocycles. The van der Waals surface area contributed by atoms with Gasteiger partial charge in [0, 0.05) is 18.1 Å². The van der Waals surface area contributed by atoms with Crippen molar-refractivity contribution in [2.45, 2.75) is 90.3 Å². The van der Waals surface area contributed by atoms with Crippen molar-refractivity contribution in [1.82, 2.24) is 10.2 Å². The van der Waals surface area contributed by atoms with E-state index in [2.05, 4.69) is 37.1 Å². The number of nitrogens with one attached hydrogen (secondary N) is 1. The van der Waals surface area contributed by atoms with Gasteiger partial charge in [0.25, 0.3) is 0 Å². The number of nitriles is 1. The molecule has 0 amide bonds. The highest BCUT2D eigenvalue weighted by atomic mass is 15.2. The minimum absolute atomic E-state index is 0.149. The van der Waals surface area contributed by atoms with Crippen LogP contribution in [0.25, 0.3) is 0 Å². The molecule has 0 spiro atoms. The third-order valence-corrected chi connectivity index (χ3v) is 5.28. The van der Waals surface area contributed by atoms with Gasteiger partial charge in [-0.1, -0.05) is 13.3 Å². The Labute approximate surface area is 131 Å². The van der Waals surface area contributed by atoms with Crippen molar-refractivity contribution in [1.29, 1.82) is 5.26 Å². The molecule has 2 fully saturated rings. The predicted molar refractivity (Wildman–Crippen MR) is 88.1 cm³/mol. The van der Waals surface area contributed by atoms with Gasteiger partial charge in [-0.2, -0.15) is 5.26 Å². The lowest BCUT2D eigenvalue weighted by molar-refractivity contribution is 0.137. The first kappa shape index (κ1) is 16.8. The summed E-state index contributed by atoms with van der Waals surface area (Å²) in [7, 11) is 0. The summed E-state index contributed by atoms with van der Waals surface area (Å²) >= 11 is 0. The van der Waals surface area contributed by atoms with E-state index in [0.717, 1.165) is 24.5 Å². The fourth-order valence-corrected chi connectivity index (χ4v) is 4.03. The van der Waals surface area contributed by atoms with Crippen molar-refractivity contribution >= 4 is 0 Å². The van der Waals surface area contributed by atoms with Crippen molar-refractivity contribution < 1.29 is 0 Å². The predicted octanol–water partition coefficient (Wildman–Crippen LogP) is 3.70. The molecule has 0 saturated carbocycles. The van der Waals surface area contributed by atoms with Crippen LogP contribution in [0.2, 0.25) is 0 Å². The van der Waals surface area contributed by atoms with Crippen LogP contribution in [0.3, 0.4) is 0 Å². The average molecular weight is 291 g/mol. The Kier molecular flexibility index (Phi) is 6.08. The summed E-state index contributed by atoms with van der Waals surface area (Å²) in [5.74, 6) is 0. The van der Waals surface area contributed by atoms with Crippen LogP contribution in [-0.4, -0.2) is 36.1 Å². The number of rotatable bonds is 8. The first-order valence-corrected chi connectivity index (χ1v) is 8.95. The molecule has 2 aliphatic rings. The zero-order valence-corrected chi connectivity index (χ0v) is 14.2. The van der Waals surface area contributed by atoms with E-state index in [-0.39, 0.29) is 5.41 Å². The largest absolute Gasteiger partial charge is 0.311 e. The number of unbranched alkanes of at least 4 members (excludes halogenated alkanes) is 1. The van der Waals surface area contributed by atoms with Crippen LogP contribution in [0.4, 0.5) is 0 Å². The zero-order chi connectivity index (χ0) is 15.3. The Hall–Kier alpha value is -0.590. The summed E-state index contributed by atoms with van der Waals surface area (Å²) in [6.45, 7) is 8.87. The number of nitrogens with zero attached hydrogens (tertiary/aromatic N) is 2. The van der Waals surface area contributed by atoms with Crippen LogP contribution < -0.4 is 5.32 Å². The van der Waals surface area contributed by atoms with E-state index in [0.29, 0.717) is 0 Å². The fourth-order valence-electron chi connectivity index (χ4n) is 4.03. The molecule has 21 heavy (non-hydrogen) atoms. The monoisotopic (exact) mass is 291 g/mol. The van der Waals surface area contributed by atoms with E-state index in [1.165, 1.54) is 58.0 Å². The summed E-state index contributed by atoms with van der Waals surface area (Å²) in [5.41, 5.74) is -0.149. The van der Waals surface area contributed by atoms with E-state index in [1.54, 1.807) is 0 Å². The minimum atomic E-state index is -0.149. The Bertz CT molecular complexity index is 346. The fraction of sp³-hybridized carbons (Fsp3) is 0.944. The molecule has 2 heterocycles. The van der Waals surface area contributed by atoms with Gasteiger partial charge < -0.3 is 10.2 Å². The van der Waals surface area contributed by atoms with Crippen molar-refractivity contribution in [3.05, 3.63) is 0 Å². The molecule has 3 heteroatoms. The number of hydrogen-bond donors (Lipinski definition) is 1. The van der Waals surface area contributed by atoms with Crippen molar-refractivity contribution in [3.8, 4) is 6.07 Å². The topological polar surface area (TPSA) is 39.1 Å². The molecule has 0 aromatic heterocycles. The van der Waals surface area contributed by atoms with Crippen LogP contribution in [0.5, 0.6) is 0 Å². The number of piperidine rings is 1. The van der Waals surface area contributed by atoms with Crippen molar-refractivity contribution in [2.75, 3.05) is 13.1 Å². The Balaban J connectivity index is 1.76. The highest BCUT2D eigenvalue weighted by Crippen LogP contribution is 2.30. The highest BCUT2D eigenvalue weighted by molar-refractivity contribution is 4.96. The van der Waals surface area contributed by atoms with E-state index in [9.17, 15) is 0 Å². The van der Waals surface area contributed by atoms with Crippen LogP contribution >= 0.6 is 0 Å². The molecule has 0 radical (unpaired) electrons. The van der Waals surface area contributed by atoms with Crippen LogP contribution in [0.15, 0.2) is 0 Å². The van der Waals surface area contributed by atoms with Gasteiger partial charge in [-0.25, -0.2) is 0 Å². The number of hydrogen-bond acceptors (Lipinski definition) is 3. The SMILES string of the molecule is CCCN(CCCCC(C)(C)C#N)C1CC2CCC(C1)N2. The van der Waals surface area contributed by atoms with E-state index >= 15 is 0 Å². The summed E-state index contributed by atoms with van der Waals surface area (Å²) in [5, 5.41) is 12.8. The number of fused-ring (bicyclic) bond motifs is 2. The van der Waals surface area contributed by atoms with Crippen LogP contribution in [-0.2, 0) is 0 Å². The molecule has 2 bridgehead atoms. The second-order valence-electron chi connectivity index (χ2n) is 7.75. The lowest BCUT2D eigenvalue weighted by atomic mass is 9.89. The maximum atomic E-state index is 9.09. The second-order valence-corrected chi connectivity index (χ2v) is 7.75. The smallest absolute Gasteiger partial charge is 0.0683 e. The Morgan fingerprint density at radius 3 is 2.38 bits per heavy atom. The zero-order valence-electron chi connectivity index (χ0n) is 14.2. The van der Waals surface area contributed by atoms with Crippen molar-refractivity contribution in [2.24, 2.45) is 5.41 Å². The summed E-state index contributed by atoms with van der Waals surface area (Å²) in [4.78, 5) is 2.74. The lowest BCUT2D eigenvalue weighted by Gasteiger charge is -2.38. The van der Waals surface area contributed by atoms with E-state index in [1.807, 2.05) is 0 Å². The molecule has 2 rings (SSSR count). The molecule has 2 atom stereocenters. The average Bonchev–Trinajstić information content (AvgIpc) is 2.81. The van der Waals surface area contributed by atoms with Gasteiger partial charge in [-0.05, 0) is 71.9 Å². The molecule has 2 saturated heterocycles. The third kappa shape index (κ3) is 4.97. The maximum Gasteiger partial charge on any atom is 0.0683 e. The summed E-state index contributed by atoms with van der Waals surface area (Å²) in [6, 6.07) is 4.78. The van der Waals surface area contributed by atoms with Gasteiger partial charge in [-0.15, -0.1) is 0 Å². The first-order valence-electron chi connectivity index (χ1n) is 8.95. The lowest BCUT2D eigenvalue weighted by Crippen LogP contribution is -2.48. The quantitative estimate of drug-likeness (QED) is 0.693. The summed E-state index contributed by atoms with van der Waals surface area (Å²) in [6.07, 6.45) is 10.2. The standard InChI is InChI=1S/C18H33N3/c1-4-10-21(11-6-5-9-18(2,3)14-19)17-12-15-7-8-16(13-17)20-15/h15-17,20H,4-13H2,1-3H3. The highest BCUT2D eigenvalue weighted by Gasteiger charge is 2.35. The van der Waals surface area contributed by atoms with Gasteiger partial charge in [-0.3, -0.25) is 0 Å². The van der Waals surface area contributed by atoms with Gasteiger partial charge in [0.1, 0.15) is 0 Å². The molecule has 0 aromatic carbocycles. The Morgan fingerprint density at radius 1 is 1.14 bits per heavy atom. The summed E-state index contributed by atoms with van der Waals surface area (Å²) < 4.78 is 0. The molecule has 1 N–H and O–H groups in total. The normalized spacial score (nSPS) is 28.8. The first-order chi connectivity index (χ1) is 10.0. The molecule has 3 nitrogen and oxygen atoms in total. The van der Waals surface area contributed by atoms with Crippen LogP contribution in [0.1, 0.15) is 72.1 Å². The van der Waals surface area contributed by atoms with Gasteiger partial charge in [0.2, 0.25) is 0 Å². The van der Waals surface area contributed by atoms with E-state index < -0.39 is 0 Å². The Morgan fingerprint density at radius 2 is 1.81 bits per heavy atom. The molecule has 2 unspecified atom stereocenters. The van der Waals surface area contributed by atoms with Gasteiger partial charge in [0.05, 0.1) is 11.5 Å². The van der Waals surface area contributed by atoms with Crippen LogP contribution in [0, 0.1) is 16.7 Å². The molecular formula is C18H33N3. The van der Waals surface area contributed by atoms with Gasteiger partial charge in [0.15, 0.2) is 0 Å². The van der Waals surface area contributed by atoms with E-state index in [4.69, 9.17) is 5.26 Å².